The molecule has 0 saturated carbocycles. The molecule has 2 nitrogen and oxygen atoms in total. The van der Waals surface area contributed by atoms with Gasteiger partial charge in [-0.15, -0.1) is 0 Å². The van der Waals surface area contributed by atoms with Crippen LogP contribution in [0.15, 0.2) is 48.5 Å². The van der Waals surface area contributed by atoms with E-state index < -0.39 is 0 Å². The number of hydrogen-bond donors (Lipinski definition) is 0. The summed E-state index contributed by atoms with van der Waals surface area (Å²) in [5, 5.41) is 0.784. The number of nitrogens with zero attached hydrogens (tertiary/aromatic N) is 2. The van der Waals surface area contributed by atoms with Gasteiger partial charge in [-0.1, -0.05) is 94.2 Å². The third kappa shape index (κ3) is 6.10. The summed E-state index contributed by atoms with van der Waals surface area (Å²) in [5.74, 6) is 1.16. The van der Waals surface area contributed by atoms with Gasteiger partial charge in [0.25, 0.3) is 0 Å². The first-order valence-electron chi connectivity index (χ1n) is 11.0. The van der Waals surface area contributed by atoms with Crippen molar-refractivity contribution >= 4 is 22.6 Å². The molecule has 3 aromatic rings. The molecule has 0 spiro atoms. The molecule has 1 heterocycles. The predicted octanol–water partition coefficient (Wildman–Crippen LogP) is 7.81. The van der Waals surface area contributed by atoms with Gasteiger partial charge in [0.1, 0.15) is 5.82 Å². The van der Waals surface area contributed by atoms with Crippen LogP contribution in [0.4, 0.5) is 0 Å². The van der Waals surface area contributed by atoms with Crippen LogP contribution in [0.2, 0.25) is 5.02 Å². The van der Waals surface area contributed by atoms with E-state index in [1.807, 2.05) is 12.1 Å². The lowest BCUT2D eigenvalue weighted by Gasteiger charge is -2.10. The van der Waals surface area contributed by atoms with Gasteiger partial charge in [0.2, 0.25) is 0 Å². The van der Waals surface area contributed by atoms with E-state index in [1.165, 1.54) is 68.9 Å². The maximum Gasteiger partial charge on any atom is 0.114 e. The van der Waals surface area contributed by atoms with Crippen LogP contribution >= 0.6 is 11.6 Å². The maximum atomic E-state index is 6.03. The molecular formula is C25H33ClN2. The first kappa shape index (κ1) is 20.9. The third-order valence-corrected chi connectivity index (χ3v) is 5.75. The Morgan fingerprint density at radius 3 is 2.14 bits per heavy atom. The zero-order chi connectivity index (χ0) is 19.6. The molecule has 2 aromatic carbocycles. The van der Waals surface area contributed by atoms with Crippen molar-refractivity contribution in [3.63, 3.8) is 0 Å². The first-order chi connectivity index (χ1) is 13.8. The third-order valence-electron chi connectivity index (χ3n) is 5.49. The van der Waals surface area contributed by atoms with Crippen LogP contribution in [0.1, 0.15) is 76.1 Å². The number of fused-ring (bicyclic) bond motifs is 1. The van der Waals surface area contributed by atoms with Crippen LogP contribution in [0.25, 0.3) is 11.0 Å². The summed E-state index contributed by atoms with van der Waals surface area (Å²) >= 11 is 6.03. The second-order valence-electron chi connectivity index (χ2n) is 7.80. The number of benzene rings is 2. The topological polar surface area (TPSA) is 17.8 Å². The normalized spacial score (nSPS) is 11.4. The van der Waals surface area contributed by atoms with Crippen LogP contribution in [0.3, 0.4) is 0 Å². The Bertz CT molecular complexity index is 835. The van der Waals surface area contributed by atoms with Gasteiger partial charge in [-0.05, 0) is 36.2 Å². The fraction of sp³-hybridized carbons (Fsp3) is 0.480. The molecular weight excluding hydrogens is 364 g/mol. The van der Waals surface area contributed by atoms with Gasteiger partial charge < -0.3 is 4.57 Å². The average Bonchev–Trinajstić information content (AvgIpc) is 3.05. The lowest BCUT2D eigenvalue weighted by Crippen LogP contribution is -2.05. The van der Waals surface area contributed by atoms with Crippen LogP contribution < -0.4 is 0 Å². The summed E-state index contributed by atoms with van der Waals surface area (Å²) < 4.78 is 2.42. The minimum Gasteiger partial charge on any atom is -0.328 e. The van der Waals surface area contributed by atoms with Crippen molar-refractivity contribution < 1.29 is 0 Å². The summed E-state index contributed by atoms with van der Waals surface area (Å²) in [6.07, 6.45) is 13.1. The van der Waals surface area contributed by atoms with Crippen molar-refractivity contribution in [1.29, 1.82) is 0 Å². The maximum absolute atomic E-state index is 6.03. The van der Waals surface area contributed by atoms with E-state index in [0.717, 1.165) is 29.3 Å². The Morgan fingerprint density at radius 2 is 1.43 bits per heavy atom. The van der Waals surface area contributed by atoms with E-state index in [1.54, 1.807) is 0 Å². The van der Waals surface area contributed by atoms with Crippen molar-refractivity contribution in [3.8, 4) is 0 Å². The van der Waals surface area contributed by atoms with Crippen LogP contribution in [-0.2, 0) is 13.0 Å². The largest absolute Gasteiger partial charge is 0.328 e. The summed E-state index contributed by atoms with van der Waals surface area (Å²) in [5.41, 5.74) is 3.61. The second-order valence-corrected chi connectivity index (χ2v) is 8.24. The summed E-state index contributed by atoms with van der Waals surface area (Å²) in [4.78, 5) is 4.92. The molecule has 0 bridgehead atoms. The molecule has 0 aliphatic carbocycles. The number of hydrogen-bond acceptors (Lipinski definition) is 1. The quantitative estimate of drug-likeness (QED) is 0.285. The first-order valence-corrected chi connectivity index (χ1v) is 11.3. The molecule has 0 aliphatic heterocycles. The molecule has 0 aliphatic rings. The van der Waals surface area contributed by atoms with Gasteiger partial charge in [0.15, 0.2) is 0 Å². The lowest BCUT2D eigenvalue weighted by atomic mass is 10.1. The second kappa shape index (κ2) is 11.3. The highest BCUT2D eigenvalue weighted by atomic mass is 35.5. The zero-order valence-electron chi connectivity index (χ0n) is 17.2. The number of para-hydroxylation sites is 2. The number of rotatable bonds is 12. The summed E-state index contributed by atoms with van der Waals surface area (Å²) in [6, 6.07) is 16.6. The highest BCUT2D eigenvalue weighted by molar-refractivity contribution is 6.30. The van der Waals surface area contributed by atoms with E-state index in [-0.39, 0.29) is 0 Å². The minimum atomic E-state index is 0.784. The summed E-state index contributed by atoms with van der Waals surface area (Å²) in [7, 11) is 0. The lowest BCUT2D eigenvalue weighted by molar-refractivity contribution is 0.537. The monoisotopic (exact) mass is 396 g/mol. The van der Waals surface area contributed by atoms with Crippen LogP contribution in [0.5, 0.6) is 0 Å². The highest BCUT2D eigenvalue weighted by Crippen LogP contribution is 2.21. The Hall–Kier alpha value is -1.80. The Kier molecular flexibility index (Phi) is 8.42. The molecule has 0 unspecified atom stereocenters. The smallest absolute Gasteiger partial charge is 0.114 e. The van der Waals surface area contributed by atoms with Crippen LogP contribution in [0, 0.1) is 0 Å². The highest BCUT2D eigenvalue weighted by Gasteiger charge is 2.11. The molecule has 0 saturated heterocycles. The van der Waals surface area contributed by atoms with Crippen molar-refractivity contribution in [2.75, 3.05) is 0 Å². The molecule has 150 valence electrons. The van der Waals surface area contributed by atoms with E-state index in [4.69, 9.17) is 16.6 Å². The number of imidazole rings is 1. The van der Waals surface area contributed by atoms with Crippen molar-refractivity contribution in [2.45, 2.75) is 77.7 Å². The number of halogens is 1. The fourth-order valence-corrected chi connectivity index (χ4v) is 4.00. The van der Waals surface area contributed by atoms with Crippen LogP contribution in [-0.4, -0.2) is 9.55 Å². The average molecular weight is 397 g/mol. The van der Waals surface area contributed by atoms with Crippen molar-refractivity contribution in [3.05, 3.63) is 64.9 Å². The fourth-order valence-electron chi connectivity index (χ4n) is 3.88. The Labute approximate surface area is 174 Å². The number of unbranched alkanes of at least 4 members (excludes halogenated alkanes) is 8. The Balaban J connectivity index is 1.56. The van der Waals surface area contributed by atoms with Crippen molar-refractivity contribution in [1.82, 2.24) is 9.55 Å². The van der Waals surface area contributed by atoms with Gasteiger partial charge >= 0.3 is 0 Å². The molecule has 3 rings (SSSR count). The molecule has 0 radical (unpaired) electrons. The molecule has 3 heteroatoms. The van der Waals surface area contributed by atoms with E-state index in [2.05, 4.69) is 47.9 Å². The van der Waals surface area contributed by atoms with Gasteiger partial charge in [0.05, 0.1) is 11.0 Å². The zero-order valence-corrected chi connectivity index (χ0v) is 17.9. The number of aryl methyl sites for hydroxylation is 1. The predicted molar refractivity (Wildman–Crippen MR) is 121 cm³/mol. The standard InChI is InChI=1S/C25H33ClN2/c1-2-3-4-5-6-7-8-9-12-19-28-24-14-11-10-13-23(24)27-25(28)20-21-15-17-22(26)18-16-21/h10-11,13-18H,2-9,12,19-20H2,1H3. The minimum absolute atomic E-state index is 0.784. The molecule has 28 heavy (non-hydrogen) atoms. The van der Waals surface area contributed by atoms with E-state index in [0.29, 0.717) is 0 Å². The summed E-state index contributed by atoms with van der Waals surface area (Å²) in [6.45, 7) is 3.33. The van der Waals surface area contributed by atoms with E-state index in [9.17, 15) is 0 Å². The molecule has 0 N–H and O–H groups in total. The van der Waals surface area contributed by atoms with E-state index >= 15 is 0 Å². The molecule has 1 aromatic heterocycles. The molecule has 0 atom stereocenters. The van der Waals surface area contributed by atoms with Gasteiger partial charge in [-0.25, -0.2) is 4.98 Å². The molecule has 0 amide bonds. The number of aromatic nitrogens is 2. The molecule has 0 fully saturated rings. The van der Waals surface area contributed by atoms with Gasteiger partial charge in [0, 0.05) is 18.0 Å². The van der Waals surface area contributed by atoms with Crippen molar-refractivity contribution in [2.24, 2.45) is 0 Å². The van der Waals surface area contributed by atoms with Gasteiger partial charge in [-0.3, -0.25) is 0 Å². The van der Waals surface area contributed by atoms with Gasteiger partial charge in [-0.2, -0.15) is 0 Å². The Morgan fingerprint density at radius 1 is 0.786 bits per heavy atom. The SMILES string of the molecule is CCCCCCCCCCCn1c(Cc2ccc(Cl)cc2)nc2ccccc21.